The Hall–Kier alpha value is -3.45. The second kappa shape index (κ2) is 8.83. The van der Waals surface area contributed by atoms with Crippen LogP contribution in [0.25, 0.3) is 11.1 Å². The third kappa shape index (κ3) is 4.41. The molecule has 33 heavy (non-hydrogen) atoms. The van der Waals surface area contributed by atoms with Crippen molar-refractivity contribution < 1.29 is 13.2 Å². The molecule has 3 aromatic carbocycles. The predicted octanol–water partition coefficient (Wildman–Crippen LogP) is 4.50. The van der Waals surface area contributed by atoms with Gasteiger partial charge in [0, 0.05) is 24.2 Å². The number of anilines is 1. The lowest BCUT2D eigenvalue weighted by Crippen LogP contribution is -2.22. The number of unbranched alkanes of at least 4 members (excludes halogenated alkanes) is 2. The van der Waals surface area contributed by atoms with Crippen LogP contribution in [0.4, 0.5) is 5.69 Å². The molecule has 0 unspecified atom stereocenters. The smallest absolute Gasteiger partial charge is 0.263 e. The third-order valence-corrected chi connectivity index (χ3v) is 7.47. The fraction of sp³-hybridized carbons (Fsp3) is 0.231. The molecule has 2 aliphatic rings. The maximum Gasteiger partial charge on any atom is 0.263 e. The topological polar surface area (TPSA) is 87.6 Å². The molecule has 0 saturated heterocycles. The van der Waals surface area contributed by atoms with Crippen LogP contribution in [0.15, 0.2) is 76.6 Å². The maximum atomic E-state index is 12.4. The van der Waals surface area contributed by atoms with Crippen molar-refractivity contribution in [2.75, 3.05) is 11.9 Å². The highest BCUT2D eigenvalue weighted by molar-refractivity contribution is 7.90. The van der Waals surface area contributed by atoms with E-state index in [-0.39, 0.29) is 10.8 Å². The quantitative estimate of drug-likeness (QED) is 0.399. The molecule has 7 heteroatoms. The fourth-order valence-electron chi connectivity index (χ4n) is 4.46. The molecule has 1 heterocycles. The van der Waals surface area contributed by atoms with Crippen molar-refractivity contribution in [1.82, 2.24) is 4.72 Å². The molecular formula is C26H25N3O3S. The van der Waals surface area contributed by atoms with Crippen molar-refractivity contribution in [3.05, 3.63) is 83.4 Å². The van der Waals surface area contributed by atoms with Gasteiger partial charge in [-0.2, -0.15) is 0 Å². The number of amidine groups is 1. The average Bonchev–Trinajstić information content (AvgIpc) is 3.30. The van der Waals surface area contributed by atoms with Crippen molar-refractivity contribution in [3.8, 4) is 11.1 Å². The predicted molar refractivity (Wildman–Crippen MR) is 130 cm³/mol. The number of fused-ring (bicyclic) bond motifs is 4. The minimum Gasteiger partial charge on any atom is -0.326 e. The molecule has 2 N–H and O–H groups in total. The first-order chi connectivity index (χ1) is 16.0. The molecule has 1 aliphatic carbocycles. The molecule has 0 aromatic heterocycles. The third-order valence-electron chi connectivity index (χ3n) is 6.07. The number of nitrogens with zero attached hydrogens (tertiary/aromatic N) is 1. The van der Waals surface area contributed by atoms with E-state index in [9.17, 15) is 13.2 Å². The number of hydrogen-bond acceptors (Lipinski definition) is 4. The van der Waals surface area contributed by atoms with Gasteiger partial charge in [-0.1, -0.05) is 48.9 Å². The Morgan fingerprint density at radius 3 is 2.52 bits per heavy atom. The summed E-state index contributed by atoms with van der Waals surface area (Å²) in [6, 6.07) is 21.4. The molecule has 1 aliphatic heterocycles. The van der Waals surface area contributed by atoms with Crippen LogP contribution >= 0.6 is 0 Å². The highest BCUT2D eigenvalue weighted by Crippen LogP contribution is 2.37. The Labute approximate surface area is 193 Å². The number of carbonyl (C=O) groups excluding carboxylic acids is 1. The summed E-state index contributed by atoms with van der Waals surface area (Å²) in [5.41, 5.74) is 6.56. The molecule has 1 amide bonds. The van der Waals surface area contributed by atoms with Gasteiger partial charge in [0.05, 0.1) is 4.90 Å². The van der Waals surface area contributed by atoms with Gasteiger partial charge in [0.25, 0.3) is 10.0 Å². The van der Waals surface area contributed by atoms with Crippen LogP contribution in [0.1, 0.15) is 42.4 Å². The van der Waals surface area contributed by atoms with Crippen molar-refractivity contribution in [3.63, 3.8) is 0 Å². The van der Waals surface area contributed by atoms with E-state index in [2.05, 4.69) is 51.4 Å². The summed E-state index contributed by atoms with van der Waals surface area (Å²) in [7, 11) is -3.50. The van der Waals surface area contributed by atoms with E-state index < -0.39 is 10.0 Å². The normalized spacial score (nSPS) is 16.1. The van der Waals surface area contributed by atoms with Crippen LogP contribution in [-0.2, 0) is 21.2 Å². The summed E-state index contributed by atoms with van der Waals surface area (Å²) in [5.74, 6) is 0.413. The lowest BCUT2D eigenvalue weighted by molar-refractivity contribution is -0.116. The molecule has 0 spiro atoms. The molecule has 0 bridgehead atoms. The minimum absolute atomic E-state index is 0.00857. The standard InChI is InChI=1S/C26H25N3O3S/c30-25(28-20-13-14-22-19(17-20)16-18-8-3-4-9-21(18)22)12-2-1-7-15-27-26-23-10-5-6-11-24(23)33(31,32)29-26/h3-6,8-11,13-14,17H,1-2,7,12,15-16H2,(H,27,29)(H,28,30). The monoisotopic (exact) mass is 459 g/mol. The van der Waals surface area contributed by atoms with Gasteiger partial charge < -0.3 is 5.32 Å². The second-order valence-electron chi connectivity index (χ2n) is 8.40. The molecule has 168 valence electrons. The minimum atomic E-state index is -3.50. The lowest BCUT2D eigenvalue weighted by Gasteiger charge is -2.08. The van der Waals surface area contributed by atoms with E-state index in [1.165, 1.54) is 22.3 Å². The molecule has 0 fully saturated rings. The van der Waals surface area contributed by atoms with Gasteiger partial charge in [0.1, 0.15) is 5.84 Å². The molecular weight excluding hydrogens is 434 g/mol. The molecule has 3 aromatic rings. The first kappa shape index (κ1) is 21.4. The summed E-state index contributed by atoms with van der Waals surface area (Å²) in [4.78, 5) is 17.1. The fourth-order valence-corrected chi connectivity index (χ4v) is 5.71. The molecule has 0 radical (unpaired) electrons. The second-order valence-corrected chi connectivity index (χ2v) is 10.0. The van der Waals surface area contributed by atoms with Crippen LogP contribution in [0.5, 0.6) is 0 Å². The van der Waals surface area contributed by atoms with Crippen LogP contribution in [0.3, 0.4) is 0 Å². The van der Waals surface area contributed by atoms with Crippen LogP contribution in [-0.4, -0.2) is 26.7 Å². The zero-order chi connectivity index (χ0) is 22.8. The van der Waals surface area contributed by atoms with E-state index in [0.29, 0.717) is 24.4 Å². The number of benzene rings is 3. The Balaban J connectivity index is 1.08. The van der Waals surface area contributed by atoms with Crippen molar-refractivity contribution in [2.24, 2.45) is 4.99 Å². The van der Waals surface area contributed by atoms with Gasteiger partial charge in [-0.3, -0.25) is 14.5 Å². The van der Waals surface area contributed by atoms with Gasteiger partial charge in [0.2, 0.25) is 5.91 Å². The summed E-state index contributed by atoms with van der Waals surface area (Å²) >= 11 is 0. The highest BCUT2D eigenvalue weighted by Gasteiger charge is 2.29. The van der Waals surface area contributed by atoms with Crippen molar-refractivity contribution in [2.45, 2.75) is 37.0 Å². The van der Waals surface area contributed by atoms with E-state index >= 15 is 0 Å². The summed E-state index contributed by atoms with van der Waals surface area (Å²) in [6.07, 6.45) is 3.74. The van der Waals surface area contributed by atoms with Crippen LogP contribution in [0.2, 0.25) is 0 Å². The molecule has 5 rings (SSSR count). The SMILES string of the molecule is O=C(CCCCCN=C1NS(=O)(=O)c2ccccc21)Nc1ccc2c(c1)Cc1ccccc1-2. The van der Waals surface area contributed by atoms with Gasteiger partial charge in [-0.15, -0.1) is 0 Å². The van der Waals surface area contributed by atoms with Crippen molar-refractivity contribution in [1.29, 1.82) is 0 Å². The number of aliphatic imine (C=N–C) groups is 1. The number of carbonyl (C=O) groups is 1. The largest absolute Gasteiger partial charge is 0.326 e. The van der Waals surface area contributed by atoms with E-state index in [4.69, 9.17) is 0 Å². The molecule has 0 saturated carbocycles. The van der Waals surface area contributed by atoms with Gasteiger partial charge in [-0.25, -0.2) is 8.42 Å². The average molecular weight is 460 g/mol. The Morgan fingerprint density at radius 1 is 0.879 bits per heavy atom. The number of hydrogen-bond donors (Lipinski definition) is 2. The zero-order valence-corrected chi connectivity index (χ0v) is 19.0. The van der Waals surface area contributed by atoms with E-state index in [1.807, 2.05) is 6.07 Å². The van der Waals surface area contributed by atoms with E-state index in [1.54, 1.807) is 24.3 Å². The van der Waals surface area contributed by atoms with Crippen LogP contribution < -0.4 is 10.0 Å². The first-order valence-corrected chi connectivity index (χ1v) is 12.7. The number of nitrogens with one attached hydrogen (secondary N) is 2. The Bertz CT molecular complexity index is 1360. The number of amides is 1. The Kier molecular flexibility index (Phi) is 5.72. The van der Waals surface area contributed by atoms with Gasteiger partial charge >= 0.3 is 0 Å². The lowest BCUT2D eigenvalue weighted by atomic mass is 10.1. The zero-order valence-electron chi connectivity index (χ0n) is 18.2. The van der Waals surface area contributed by atoms with Crippen molar-refractivity contribution >= 4 is 27.5 Å². The number of rotatable bonds is 7. The molecule has 6 nitrogen and oxygen atoms in total. The summed E-state index contributed by atoms with van der Waals surface area (Å²) in [6.45, 7) is 0.513. The summed E-state index contributed by atoms with van der Waals surface area (Å²) in [5, 5.41) is 3.01. The highest BCUT2D eigenvalue weighted by atomic mass is 32.2. The number of sulfonamides is 1. The molecule has 0 atom stereocenters. The Morgan fingerprint density at radius 2 is 1.64 bits per heavy atom. The van der Waals surface area contributed by atoms with Gasteiger partial charge in [-0.05, 0) is 65.8 Å². The van der Waals surface area contributed by atoms with Crippen LogP contribution in [0, 0.1) is 0 Å². The maximum absolute atomic E-state index is 12.4. The van der Waals surface area contributed by atoms with E-state index in [0.717, 1.165) is 31.4 Å². The van der Waals surface area contributed by atoms with Gasteiger partial charge in [0.15, 0.2) is 0 Å². The summed E-state index contributed by atoms with van der Waals surface area (Å²) < 4.78 is 26.7. The first-order valence-electron chi connectivity index (χ1n) is 11.2.